The van der Waals surface area contributed by atoms with Crippen LogP contribution in [-0.4, -0.2) is 70.0 Å². The first-order chi connectivity index (χ1) is 17.6. The Labute approximate surface area is 219 Å². The number of nitrogens with one attached hydrogen (secondary N) is 3. The number of rotatable bonds is 12. The molecule has 0 radical (unpaired) electrons. The summed E-state index contributed by atoms with van der Waals surface area (Å²) in [5.41, 5.74) is 8.20. The van der Waals surface area contributed by atoms with Gasteiger partial charge in [0.25, 0.3) is 5.91 Å². The normalized spacial score (nSPS) is 18.3. The first-order valence-corrected chi connectivity index (χ1v) is 13.4. The Morgan fingerprint density at radius 3 is 2.57 bits per heavy atom. The molecule has 1 aromatic carbocycles. The van der Waals surface area contributed by atoms with Gasteiger partial charge >= 0.3 is 0 Å². The van der Waals surface area contributed by atoms with Crippen LogP contribution in [0.3, 0.4) is 0 Å². The van der Waals surface area contributed by atoms with Gasteiger partial charge in [0.1, 0.15) is 18.2 Å². The summed E-state index contributed by atoms with van der Waals surface area (Å²) in [5, 5.41) is 17.5. The summed E-state index contributed by atoms with van der Waals surface area (Å²) in [6, 6.07) is 6.07. The number of aromatic amines is 1. The van der Waals surface area contributed by atoms with Gasteiger partial charge in [-0.15, -0.1) is 0 Å². The molecule has 2 aromatic rings. The van der Waals surface area contributed by atoms with Crippen molar-refractivity contribution in [3.05, 3.63) is 36.0 Å². The van der Waals surface area contributed by atoms with Crippen molar-refractivity contribution in [2.75, 3.05) is 13.1 Å². The highest BCUT2D eigenvalue weighted by Gasteiger charge is 2.39. The molecule has 1 aliphatic rings. The Hall–Kier alpha value is -2.91. The zero-order valence-corrected chi connectivity index (χ0v) is 22.5. The molecule has 1 saturated heterocycles. The van der Waals surface area contributed by atoms with E-state index >= 15 is 0 Å². The molecular weight excluding hydrogens is 470 g/mol. The molecule has 204 valence electrons. The van der Waals surface area contributed by atoms with Crippen molar-refractivity contribution in [3.8, 4) is 0 Å². The van der Waals surface area contributed by atoms with Crippen LogP contribution in [-0.2, 0) is 20.8 Å². The fourth-order valence-electron chi connectivity index (χ4n) is 5.00. The number of nitrogens with zero attached hydrogens (tertiary/aromatic N) is 1. The number of likely N-dealkylation sites (tertiary alicyclic amines) is 1. The summed E-state index contributed by atoms with van der Waals surface area (Å²) >= 11 is 0. The maximum Gasteiger partial charge on any atom is 0.253 e. The molecule has 37 heavy (non-hydrogen) atoms. The van der Waals surface area contributed by atoms with Crippen molar-refractivity contribution < 1.29 is 19.5 Å². The predicted octanol–water partition coefficient (Wildman–Crippen LogP) is 2.08. The summed E-state index contributed by atoms with van der Waals surface area (Å²) in [5.74, 6) is -0.702. The average molecular weight is 514 g/mol. The van der Waals surface area contributed by atoms with Gasteiger partial charge in [-0.25, -0.2) is 0 Å². The molecule has 1 fully saturated rings. The lowest BCUT2D eigenvalue weighted by atomic mass is 9.99. The van der Waals surface area contributed by atoms with Crippen molar-refractivity contribution in [3.63, 3.8) is 0 Å². The number of aliphatic hydroxyl groups is 1. The predicted molar refractivity (Wildman–Crippen MR) is 145 cm³/mol. The van der Waals surface area contributed by atoms with E-state index in [1.165, 1.54) is 4.90 Å². The Morgan fingerprint density at radius 1 is 1.14 bits per heavy atom. The number of hydrogen-bond donors (Lipinski definition) is 5. The van der Waals surface area contributed by atoms with E-state index in [0.717, 1.165) is 16.5 Å². The molecule has 0 bridgehead atoms. The minimum absolute atomic E-state index is 0.184. The average Bonchev–Trinajstić information content (AvgIpc) is 3.51. The van der Waals surface area contributed by atoms with E-state index in [4.69, 9.17) is 5.73 Å². The Balaban J connectivity index is 1.58. The van der Waals surface area contributed by atoms with Gasteiger partial charge in [-0.2, -0.15) is 0 Å². The standard InChI is InChI=1S/C28H43N5O4/c1-17(2)14-21(29)25(34)28(37)33-13-5-6-24(33)27(36)32-23(15-18(3)4)26(35)31-11-9-19-7-8-20-10-12-30-22(20)16-19/h7-8,10,12,16-18,21,23-25,30,34H,5-6,9,11,13-15,29H2,1-4H3,(H,31,35)(H,32,36)/t21-,23+,24+,25+/m1/s1. The number of carbonyl (C=O) groups excluding carboxylic acids is 3. The van der Waals surface area contributed by atoms with Crippen LogP contribution in [0.1, 0.15) is 58.9 Å². The van der Waals surface area contributed by atoms with Crippen molar-refractivity contribution in [2.24, 2.45) is 17.6 Å². The summed E-state index contributed by atoms with van der Waals surface area (Å²) < 4.78 is 0. The quantitative estimate of drug-likeness (QED) is 0.296. The third-order valence-electron chi connectivity index (χ3n) is 6.91. The maximum absolute atomic E-state index is 13.2. The van der Waals surface area contributed by atoms with Gasteiger partial charge in [0.05, 0.1) is 0 Å². The number of amides is 3. The lowest BCUT2D eigenvalue weighted by Gasteiger charge is -2.30. The van der Waals surface area contributed by atoms with Crippen LogP contribution >= 0.6 is 0 Å². The van der Waals surface area contributed by atoms with Gasteiger partial charge in [0.15, 0.2) is 0 Å². The topological polar surface area (TPSA) is 141 Å². The Bertz CT molecular complexity index is 1070. The van der Waals surface area contributed by atoms with Crippen molar-refractivity contribution in [2.45, 2.75) is 84.0 Å². The van der Waals surface area contributed by atoms with Gasteiger partial charge < -0.3 is 31.4 Å². The van der Waals surface area contributed by atoms with Crippen molar-refractivity contribution >= 4 is 28.6 Å². The molecule has 3 amide bonds. The van der Waals surface area contributed by atoms with E-state index in [0.29, 0.717) is 45.2 Å². The smallest absolute Gasteiger partial charge is 0.253 e. The number of carbonyl (C=O) groups is 3. The van der Waals surface area contributed by atoms with Crippen LogP contribution in [0.5, 0.6) is 0 Å². The molecule has 0 aliphatic carbocycles. The van der Waals surface area contributed by atoms with Crippen LogP contribution in [0.4, 0.5) is 0 Å². The molecule has 6 N–H and O–H groups in total. The molecule has 2 heterocycles. The number of hydrogen-bond acceptors (Lipinski definition) is 5. The monoisotopic (exact) mass is 513 g/mol. The molecule has 9 nitrogen and oxygen atoms in total. The Kier molecular flexibility index (Phi) is 10.1. The third-order valence-corrected chi connectivity index (χ3v) is 6.91. The zero-order valence-electron chi connectivity index (χ0n) is 22.5. The molecule has 1 aromatic heterocycles. The van der Waals surface area contributed by atoms with E-state index in [1.54, 1.807) is 0 Å². The highest BCUT2D eigenvalue weighted by Crippen LogP contribution is 2.21. The summed E-state index contributed by atoms with van der Waals surface area (Å²) in [7, 11) is 0. The molecule has 4 atom stereocenters. The second-order valence-electron chi connectivity index (χ2n) is 11.1. The van der Waals surface area contributed by atoms with E-state index in [9.17, 15) is 19.5 Å². The zero-order chi connectivity index (χ0) is 27.1. The van der Waals surface area contributed by atoms with Gasteiger partial charge in [0, 0.05) is 30.8 Å². The molecular formula is C28H43N5O4. The van der Waals surface area contributed by atoms with E-state index < -0.39 is 30.1 Å². The number of aromatic nitrogens is 1. The van der Waals surface area contributed by atoms with Crippen LogP contribution in [0.25, 0.3) is 10.9 Å². The fraction of sp³-hybridized carbons (Fsp3) is 0.607. The second kappa shape index (κ2) is 13.1. The number of aliphatic hydroxyl groups excluding tert-OH is 1. The second-order valence-corrected chi connectivity index (χ2v) is 11.1. The van der Waals surface area contributed by atoms with Gasteiger partial charge in [-0.1, -0.05) is 39.8 Å². The summed E-state index contributed by atoms with van der Waals surface area (Å²) in [4.78, 5) is 43.8. The molecule has 0 unspecified atom stereocenters. The van der Waals surface area contributed by atoms with Gasteiger partial charge in [-0.3, -0.25) is 14.4 Å². The summed E-state index contributed by atoms with van der Waals surface area (Å²) in [6.45, 7) is 8.77. The Morgan fingerprint density at radius 2 is 1.86 bits per heavy atom. The largest absolute Gasteiger partial charge is 0.382 e. The minimum Gasteiger partial charge on any atom is -0.382 e. The lowest BCUT2D eigenvalue weighted by molar-refractivity contribution is -0.146. The van der Waals surface area contributed by atoms with E-state index in [2.05, 4.69) is 21.7 Å². The van der Waals surface area contributed by atoms with Gasteiger partial charge in [-0.05, 0) is 67.0 Å². The van der Waals surface area contributed by atoms with Crippen LogP contribution in [0, 0.1) is 11.8 Å². The number of fused-ring (bicyclic) bond motifs is 1. The molecule has 9 heteroatoms. The van der Waals surface area contributed by atoms with E-state index in [-0.39, 0.29) is 23.7 Å². The summed E-state index contributed by atoms with van der Waals surface area (Å²) in [6.07, 6.45) is 3.35. The molecule has 1 aliphatic heterocycles. The van der Waals surface area contributed by atoms with Crippen molar-refractivity contribution in [1.29, 1.82) is 0 Å². The molecule has 3 rings (SSSR count). The number of H-pyrrole nitrogens is 1. The SMILES string of the molecule is CC(C)C[C@H](NC(=O)[C@@H]1CCCN1C(=O)[C@@H](O)[C@H](N)CC(C)C)C(=O)NCCc1ccc2cc[nH]c2c1. The van der Waals surface area contributed by atoms with Crippen LogP contribution in [0.15, 0.2) is 30.5 Å². The van der Waals surface area contributed by atoms with Crippen LogP contribution in [0.2, 0.25) is 0 Å². The highest BCUT2D eigenvalue weighted by molar-refractivity contribution is 5.93. The van der Waals surface area contributed by atoms with E-state index in [1.807, 2.05) is 52.1 Å². The highest BCUT2D eigenvalue weighted by atomic mass is 16.3. The van der Waals surface area contributed by atoms with Crippen molar-refractivity contribution in [1.82, 2.24) is 20.5 Å². The fourth-order valence-corrected chi connectivity index (χ4v) is 5.00. The first kappa shape index (κ1) is 28.7. The molecule has 0 spiro atoms. The van der Waals surface area contributed by atoms with Crippen LogP contribution < -0.4 is 16.4 Å². The number of benzene rings is 1. The minimum atomic E-state index is -1.35. The lowest BCUT2D eigenvalue weighted by Crippen LogP contribution is -2.56. The van der Waals surface area contributed by atoms with Gasteiger partial charge in [0.2, 0.25) is 11.8 Å². The number of nitrogens with two attached hydrogens (primary N) is 1. The maximum atomic E-state index is 13.2. The molecule has 0 saturated carbocycles. The first-order valence-electron chi connectivity index (χ1n) is 13.4. The third kappa shape index (κ3) is 7.79.